The Morgan fingerprint density at radius 1 is 1.35 bits per heavy atom. The molecule has 0 aliphatic heterocycles. The Labute approximate surface area is 109 Å². The van der Waals surface area contributed by atoms with Gasteiger partial charge in [-0.25, -0.2) is 4.79 Å². The number of nitro groups is 1. The molecule has 3 N–H and O–H groups in total. The maximum Gasteiger partial charge on any atom is 0.523 e. The fourth-order valence-electron chi connectivity index (χ4n) is 1.46. The summed E-state index contributed by atoms with van der Waals surface area (Å²) in [6.07, 6.45) is -7.83. The minimum atomic E-state index is -5.30. The van der Waals surface area contributed by atoms with E-state index in [-0.39, 0.29) is 5.56 Å². The van der Waals surface area contributed by atoms with Crippen LogP contribution < -0.4 is 5.73 Å². The number of benzene rings is 1. The van der Waals surface area contributed by atoms with E-state index in [0.717, 1.165) is 12.1 Å². The monoisotopic (exact) mass is 294 g/mol. The summed E-state index contributed by atoms with van der Waals surface area (Å²) in [5.74, 6) is -2.25. The zero-order valence-electron chi connectivity index (χ0n) is 9.70. The number of alkyl halides is 3. The highest BCUT2D eigenvalue weighted by Gasteiger charge is 2.59. The lowest BCUT2D eigenvalue weighted by Gasteiger charge is -2.26. The number of carboxylic acid groups (broad SMARTS) is 1. The van der Waals surface area contributed by atoms with Crippen LogP contribution in [0.15, 0.2) is 30.3 Å². The molecule has 0 fully saturated rings. The fourth-order valence-corrected chi connectivity index (χ4v) is 1.46. The van der Waals surface area contributed by atoms with Crippen LogP contribution in [0.1, 0.15) is 11.7 Å². The number of halogens is 3. The summed E-state index contributed by atoms with van der Waals surface area (Å²) in [6.45, 7) is 0. The Morgan fingerprint density at radius 2 is 1.85 bits per heavy atom. The number of rotatable bonds is 5. The van der Waals surface area contributed by atoms with E-state index in [1.54, 1.807) is 0 Å². The van der Waals surface area contributed by atoms with E-state index in [9.17, 15) is 28.1 Å². The first kappa shape index (κ1) is 15.9. The first-order valence-electron chi connectivity index (χ1n) is 5.05. The summed E-state index contributed by atoms with van der Waals surface area (Å²) in [5.41, 5.74) is 1.19. The number of nitrogens with two attached hydrogens (primary N) is 1. The molecule has 110 valence electrons. The van der Waals surface area contributed by atoms with Crippen molar-refractivity contribution in [2.24, 2.45) is 5.73 Å². The van der Waals surface area contributed by atoms with Gasteiger partial charge in [-0.2, -0.15) is 0 Å². The Balaban J connectivity index is 3.37. The zero-order chi connectivity index (χ0) is 15.6. The molecule has 1 unspecified atom stereocenters. The normalized spacial score (nSPS) is 16.2. The van der Waals surface area contributed by atoms with Crippen molar-refractivity contribution in [1.29, 1.82) is 0 Å². The van der Waals surface area contributed by atoms with Crippen LogP contribution in [0, 0.1) is 10.1 Å². The molecule has 1 aromatic carbocycles. The van der Waals surface area contributed by atoms with Crippen LogP contribution in [-0.2, 0) is 9.53 Å². The molecule has 0 aliphatic rings. The van der Waals surface area contributed by atoms with E-state index in [0.29, 0.717) is 0 Å². The maximum atomic E-state index is 12.4. The number of hydrogen-bond acceptors (Lipinski definition) is 5. The van der Waals surface area contributed by atoms with Crippen molar-refractivity contribution in [3.8, 4) is 0 Å². The summed E-state index contributed by atoms with van der Waals surface area (Å²) < 4.78 is 40.6. The van der Waals surface area contributed by atoms with Gasteiger partial charge in [0.15, 0.2) is 6.10 Å². The van der Waals surface area contributed by atoms with E-state index in [4.69, 9.17) is 10.8 Å². The van der Waals surface area contributed by atoms with Crippen LogP contribution in [0.25, 0.3) is 0 Å². The van der Waals surface area contributed by atoms with E-state index in [2.05, 4.69) is 4.74 Å². The molecule has 0 aromatic heterocycles. The molecule has 1 aromatic rings. The molecular weight excluding hydrogens is 285 g/mol. The maximum absolute atomic E-state index is 12.4. The Kier molecular flexibility index (Phi) is 4.30. The fraction of sp³-hybridized carbons (Fsp3) is 0.300. The number of nitrogens with zero attached hydrogens (tertiary/aromatic N) is 1. The van der Waals surface area contributed by atoms with Crippen LogP contribution in [0.5, 0.6) is 0 Å². The molecule has 1 rings (SSSR count). The zero-order valence-corrected chi connectivity index (χ0v) is 9.70. The third-order valence-electron chi connectivity index (χ3n) is 2.40. The van der Waals surface area contributed by atoms with Crippen LogP contribution in [0.2, 0.25) is 0 Å². The molecular formula is C10H9F3N2O5. The van der Waals surface area contributed by atoms with Crippen molar-refractivity contribution in [1.82, 2.24) is 0 Å². The first-order chi connectivity index (χ1) is 9.09. The molecule has 0 bridgehead atoms. The standard InChI is InChI=1S/C10H9F3N2O5/c11-10(12,13)20-7(6-4-2-1-3-5-6)9(14,8(16)17)15(18)19/h1-5,7H,14H2,(H,16,17)/t7?,9-/m1/s1. The van der Waals surface area contributed by atoms with Crippen LogP contribution >= 0.6 is 0 Å². The van der Waals surface area contributed by atoms with Gasteiger partial charge in [-0.05, 0) is 5.56 Å². The average molecular weight is 294 g/mol. The van der Waals surface area contributed by atoms with Gasteiger partial charge in [0, 0.05) is 0 Å². The second-order valence-electron chi connectivity index (χ2n) is 3.74. The molecule has 0 saturated heterocycles. The predicted octanol–water partition coefficient (Wildman–Crippen LogP) is 1.28. The van der Waals surface area contributed by atoms with Crippen molar-refractivity contribution in [3.05, 3.63) is 46.0 Å². The van der Waals surface area contributed by atoms with Crippen molar-refractivity contribution >= 4 is 5.97 Å². The van der Waals surface area contributed by atoms with Crippen molar-refractivity contribution in [2.45, 2.75) is 18.1 Å². The van der Waals surface area contributed by atoms with Crippen LogP contribution in [0.3, 0.4) is 0 Å². The van der Waals surface area contributed by atoms with Gasteiger partial charge in [-0.1, -0.05) is 30.3 Å². The van der Waals surface area contributed by atoms with Gasteiger partial charge >= 0.3 is 18.0 Å². The molecule has 0 heterocycles. The lowest BCUT2D eigenvalue weighted by molar-refractivity contribution is -0.577. The van der Waals surface area contributed by atoms with Gasteiger partial charge in [0.05, 0.1) is 4.92 Å². The second kappa shape index (κ2) is 5.43. The first-order valence-corrected chi connectivity index (χ1v) is 5.05. The van der Waals surface area contributed by atoms with Crippen LogP contribution in [-0.4, -0.2) is 28.0 Å². The average Bonchev–Trinajstić information content (AvgIpc) is 2.34. The molecule has 0 saturated carbocycles. The number of aliphatic carboxylic acids is 1. The SMILES string of the molecule is N[C@](C(=O)O)(C(OC(F)(F)F)c1ccccc1)[N+](=O)[O-]. The highest BCUT2D eigenvalue weighted by atomic mass is 19.4. The quantitative estimate of drug-likeness (QED) is 0.480. The Bertz CT molecular complexity index is 491. The summed E-state index contributed by atoms with van der Waals surface area (Å²) in [7, 11) is 0. The van der Waals surface area contributed by atoms with Gasteiger partial charge in [0.2, 0.25) is 0 Å². The minimum Gasteiger partial charge on any atom is -0.475 e. The molecule has 0 radical (unpaired) electrons. The summed E-state index contributed by atoms with van der Waals surface area (Å²) in [6, 6.07) is 6.06. The van der Waals surface area contributed by atoms with Gasteiger partial charge in [-0.15, -0.1) is 13.2 Å². The molecule has 0 amide bonds. The Hall–Kier alpha value is -2.20. The topological polar surface area (TPSA) is 116 Å². The predicted molar refractivity (Wildman–Crippen MR) is 57.9 cm³/mol. The number of ether oxygens (including phenoxy) is 1. The van der Waals surface area contributed by atoms with Gasteiger partial charge in [-0.3, -0.25) is 20.6 Å². The van der Waals surface area contributed by atoms with Crippen LogP contribution in [0.4, 0.5) is 13.2 Å². The highest BCUT2D eigenvalue weighted by Crippen LogP contribution is 2.35. The summed E-state index contributed by atoms with van der Waals surface area (Å²) >= 11 is 0. The smallest absolute Gasteiger partial charge is 0.475 e. The van der Waals surface area contributed by atoms with Crippen molar-refractivity contribution in [3.63, 3.8) is 0 Å². The molecule has 0 spiro atoms. The number of carboxylic acids is 1. The lowest BCUT2D eigenvalue weighted by atomic mass is 9.97. The summed E-state index contributed by atoms with van der Waals surface area (Å²) in [4.78, 5) is 20.2. The van der Waals surface area contributed by atoms with E-state index < -0.39 is 29.0 Å². The molecule has 0 aliphatic carbocycles. The molecule has 2 atom stereocenters. The highest BCUT2D eigenvalue weighted by molar-refractivity contribution is 5.77. The van der Waals surface area contributed by atoms with E-state index in [1.165, 1.54) is 18.2 Å². The summed E-state index contributed by atoms with van der Waals surface area (Å²) in [5, 5.41) is 19.6. The van der Waals surface area contributed by atoms with Gasteiger partial charge < -0.3 is 5.11 Å². The minimum absolute atomic E-state index is 0.383. The van der Waals surface area contributed by atoms with E-state index in [1.807, 2.05) is 0 Å². The number of carbonyl (C=O) groups is 1. The second-order valence-corrected chi connectivity index (χ2v) is 3.74. The molecule has 20 heavy (non-hydrogen) atoms. The van der Waals surface area contributed by atoms with Gasteiger partial charge in [0.1, 0.15) is 0 Å². The van der Waals surface area contributed by atoms with E-state index >= 15 is 0 Å². The third-order valence-corrected chi connectivity index (χ3v) is 2.40. The van der Waals surface area contributed by atoms with Crippen molar-refractivity contribution in [2.75, 3.05) is 0 Å². The largest absolute Gasteiger partial charge is 0.523 e. The Morgan fingerprint density at radius 3 is 2.20 bits per heavy atom. The third kappa shape index (κ3) is 3.22. The molecule has 7 nitrogen and oxygen atoms in total. The van der Waals surface area contributed by atoms with Gasteiger partial charge in [0.25, 0.3) is 0 Å². The van der Waals surface area contributed by atoms with Crippen molar-refractivity contribution < 1.29 is 32.7 Å². The number of hydrogen-bond donors (Lipinski definition) is 2. The lowest BCUT2D eigenvalue weighted by Crippen LogP contribution is -2.60. The molecule has 10 heteroatoms.